The SMILES string of the molecule is Cc1noc(C)c1CN1CCC2(CC1)CC(N1CCOCC1)C2. The molecule has 0 unspecified atom stereocenters. The van der Waals surface area contributed by atoms with Gasteiger partial charge >= 0.3 is 0 Å². The monoisotopic (exact) mass is 319 g/mol. The number of hydrogen-bond donors (Lipinski definition) is 0. The molecule has 3 aliphatic rings. The molecule has 2 aliphatic heterocycles. The minimum atomic E-state index is 0.637. The summed E-state index contributed by atoms with van der Waals surface area (Å²) in [6, 6.07) is 0.827. The van der Waals surface area contributed by atoms with E-state index in [9.17, 15) is 0 Å². The number of morpholine rings is 1. The Hall–Kier alpha value is -0.910. The van der Waals surface area contributed by atoms with E-state index in [2.05, 4.69) is 21.9 Å². The van der Waals surface area contributed by atoms with Gasteiger partial charge in [-0.05, 0) is 58.0 Å². The van der Waals surface area contributed by atoms with Crippen LogP contribution in [0.3, 0.4) is 0 Å². The predicted molar refractivity (Wildman–Crippen MR) is 88.3 cm³/mol. The van der Waals surface area contributed by atoms with Crippen molar-refractivity contribution in [2.75, 3.05) is 39.4 Å². The van der Waals surface area contributed by atoms with Crippen LogP contribution in [-0.4, -0.2) is 60.4 Å². The first-order valence-electron chi connectivity index (χ1n) is 9.11. The first-order chi connectivity index (χ1) is 11.2. The van der Waals surface area contributed by atoms with Crippen molar-refractivity contribution >= 4 is 0 Å². The Labute approximate surface area is 138 Å². The molecule has 3 heterocycles. The molecule has 23 heavy (non-hydrogen) atoms. The topological polar surface area (TPSA) is 41.7 Å². The lowest BCUT2D eigenvalue weighted by molar-refractivity contribution is -0.0740. The van der Waals surface area contributed by atoms with Crippen LogP contribution >= 0.6 is 0 Å². The summed E-state index contributed by atoms with van der Waals surface area (Å²) in [5, 5.41) is 4.08. The molecule has 0 bridgehead atoms. The quantitative estimate of drug-likeness (QED) is 0.855. The van der Waals surface area contributed by atoms with Gasteiger partial charge in [0, 0.05) is 31.2 Å². The normalized spacial score (nSPS) is 26.5. The standard InChI is InChI=1S/C18H29N3O2/c1-14-17(15(2)23-19-14)13-20-5-3-18(4-6-20)11-16(12-18)21-7-9-22-10-8-21/h16H,3-13H2,1-2H3. The summed E-state index contributed by atoms with van der Waals surface area (Å²) in [5.74, 6) is 0.985. The molecule has 5 heteroatoms. The number of rotatable bonds is 3. The van der Waals surface area contributed by atoms with E-state index in [1.807, 2.05) is 6.92 Å². The zero-order valence-corrected chi connectivity index (χ0v) is 14.5. The fourth-order valence-corrected chi connectivity index (χ4v) is 4.69. The fourth-order valence-electron chi connectivity index (χ4n) is 4.69. The molecule has 128 valence electrons. The van der Waals surface area contributed by atoms with Crippen molar-refractivity contribution in [1.82, 2.24) is 15.0 Å². The molecule has 0 aromatic carbocycles. The van der Waals surface area contributed by atoms with Crippen LogP contribution in [0, 0.1) is 19.3 Å². The Morgan fingerprint density at radius 2 is 1.78 bits per heavy atom. The van der Waals surface area contributed by atoms with Gasteiger partial charge in [0.05, 0.1) is 18.9 Å². The summed E-state index contributed by atoms with van der Waals surface area (Å²) in [7, 11) is 0. The first kappa shape index (κ1) is 15.6. The van der Waals surface area contributed by atoms with Crippen LogP contribution < -0.4 is 0 Å². The average Bonchev–Trinajstić information content (AvgIpc) is 2.86. The highest BCUT2D eigenvalue weighted by atomic mass is 16.5. The summed E-state index contributed by atoms with van der Waals surface area (Å²) in [6.07, 6.45) is 5.53. The second-order valence-corrected chi connectivity index (χ2v) is 7.79. The minimum Gasteiger partial charge on any atom is -0.379 e. The molecule has 0 atom stereocenters. The molecule has 0 radical (unpaired) electrons. The summed E-state index contributed by atoms with van der Waals surface area (Å²) in [4.78, 5) is 5.24. The van der Waals surface area contributed by atoms with Crippen molar-refractivity contribution in [3.63, 3.8) is 0 Å². The summed E-state index contributed by atoms with van der Waals surface area (Å²) in [6.45, 7) is 11.7. The van der Waals surface area contributed by atoms with Crippen LogP contribution in [0.4, 0.5) is 0 Å². The maximum atomic E-state index is 5.48. The van der Waals surface area contributed by atoms with Crippen molar-refractivity contribution in [2.24, 2.45) is 5.41 Å². The molecule has 5 nitrogen and oxygen atoms in total. The van der Waals surface area contributed by atoms with Crippen LogP contribution in [0.5, 0.6) is 0 Å². The predicted octanol–water partition coefficient (Wildman–Crippen LogP) is 2.37. The Balaban J connectivity index is 1.27. The summed E-state index contributed by atoms with van der Waals surface area (Å²) in [5.41, 5.74) is 2.98. The minimum absolute atomic E-state index is 0.637. The van der Waals surface area contributed by atoms with Crippen molar-refractivity contribution < 1.29 is 9.26 Å². The maximum Gasteiger partial charge on any atom is 0.138 e. The highest BCUT2D eigenvalue weighted by molar-refractivity contribution is 5.20. The van der Waals surface area contributed by atoms with E-state index >= 15 is 0 Å². The van der Waals surface area contributed by atoms with E-state index in [0.717, 1.165) is 50.3 Å². The number of piperidine rings is 1. The van der Waals surface area contributed by atoms with E-state index < -0.39 is 0 Å². The third-order valence-corrected chi connectivity index (χ3v) is 6.38. The summed E-state index contributed by atoms with van der Waals surface area (Å²) < 4.78 is 10.8. The number of ether oxygens (including phenoxy) is 1. The van der Waals surface area contributed by atoms with Gasteiger partial charge in [-0.1, -0.05) is 5.16 Å². The molecule has 1 saturated carbocycles. The number of hydrogen-bond acceptors (Lipinski definition) is 5. The van der Waals surface area contributed by atoms with E-state index in [1.54, 1.807) is 0 Å². The molecular weight excluding hydrogens is 290 g/mol. The Morgan fingerprint density at radius 1 is 1.09 bits per heavy atom. The third kappa shape index (κ3) is 3.06. The molecule has 1 aliphatic carbocycles. The average molecular weight is 319 g/mol. The summed E-state index contributed by atoms with van der Waals surface area (Å²) >= 11 is 0. The fraction of sp³-hybridized carbons (Fsp3) is 0.833. The van der Waals surface area contributed by atoms with Crippen LogP contribution in [0.1, 0.15) is 42.7 Å². The molecule has 0 amide bonds. The van der Waals surface area contributed by atoms with E-state index in [-0.39, 0.29) is 0 Å². The van der Waals surface area contributed by atoms with Gasteiger partial charge in [-0.25, -0.2) is 0 Å². The van der Waals surface area contributed by atoms with Gasteiger partial charge in [0.25, 0.3) is 0 Å². The molecule has 4 rings (SSSR count). The van der Waals surface area contributed by atoms with Crippen LogP contribution in [0.2, 0.25) is 0 Å². The first-order valence-corrected chi connectivity index (χ1v) is 9.11. The molecular formula is C18H29N3O2. The number of aryl methyl sites for hydroxylation is 2. The second-order valence-electron chi connectivity index (χ2n) is 7.79. The Morgan fingerprint density at radius 3 is 2.39 bits per heavy atom. The Bertz CT molecular complexity index is 515. The molecule has 0 N–H and O–H groups in total. The number of aromatic nitrogens is 1. The van der Waals surface area contributed by atoms with Gasteiger partial charge in [0.1, 0.15) is 5.76 Å². The van der Waals surface area contributed by atoms with E-state index in [0.29, 0.717) is 5.41 Å². The van der Waals surface area contributed by atoms with Gasteiger partial charge in [0.2, 0.25) is 0 Å². The third-order valence-electron chi connectivity index (χ3n) is 6.38. The van der Waals surface area contributed by atoms with Gasteiger partial charge in [-0.15, -0.1) is 0 Å². The van der Waals surface area contributed by atoms with Gasteiger partial charge in [0.15, 0.2) is 0 Å². The van der Waals surface area contributed by atoms with Crippen molar-refractivity contribution in [2.45, 2.75) is 52.1 Å². The lowest BCUT2D eigenvalue weighted by atomic mass is 9.60. The van der Waals surface area contributed by atoms with Gasteiger partial charge < -0.3 is 9.26 Å². The lowest BCUT2D eigenvalue weighted by Gasteiger charge is -2.55. The van der Waals surface area contributed by atoms with Crippen LogP contribution in [0.15, 0.2) is 4.52 Å². The van der Waals surface area contributed by atoms with Crippen molar-refractivity contribution in [3.8, 4) is 0 Å². The smallest absolute Gasteiger partial charge is 0.138 e. The highest BCUT2D eigenvalue weighted by Gasteiger charge is 2.47. The van der Waals surface area contributed by atoms with E-state index in [1.165, 1.54) is 44.3 Å². The number of likely N-dealkylation sites (tertiary alicyclic amines) is 1. The molecule has 1 aromatic heterocycles. The molecule has 3 fully saturated rings. The van der Waals surface area contributed by atoms with Crippen molar-refractivity contribution in [1.29, 1.82) is 0 Å². The van der Waals surface area contributed by atoms with E-state index in [4.69, 9.17) is 9.26 Å². The van der Waals surface area contributed by atoms with Crippen molar-refractivity contribution in [3.05, 3.63) is 17.0 Å². The highest BCUT2D eigenvalue weighted by Crippen LogP contribution is 2.51. The van der Waals surface area contributed by atoms with Gasteiger partial charge in [-0.2, -0.15) is 0 Å². The zero-order chi connectivity index (χ0) is 15.9. The van der Waals surface area contributed by atoms with Gasteiger partial charge in [-0.3, -0.25) is 9.80 Å². The lowest BCUT2D eigenvalue weighted by Crippen LogP contribution is -2.57. The second kappa shape index (κ2) is 6.19. The Kier molecular flexibility index (Phi) is 4.20. The molecule has 1 aromatic rings. The maximum absolute atomic E-state index is 5.48. The molecule has 1 spiro atoms. The zero-order valence-electron chi connectivity index (χ0n) is 14.5. The van der Waals surface area contributed by atoms with Crippen LogP contribution in [-0.2, 0) is 11.3 Å². The molecule has 2 saturated heterocycles. The number of nitrogens with zero attached hydrogens (tertiary/aromatic N) is 3. The van der Waals surface area contributed by atoms with Crippen LogP contribution in [0.25, 0.3) is 0 Å². The largest absolute Gasteiger partial charge is 0.379 e.